The maximum absolute atomic E-state index is 12.4. The third-order valence-electron chi connectivity index (χ3n) is 4.28. The van der Waals surface area contributed by atoms with E-state index in [0.29, 0.717) is 12.2 Å². The average Bonchev–Trinajstić information content (AvgIpc) is 2.79. The van der Waals surface area contributed by atoms with E-state index in [1.807, 2.05) is 34.6 Å². The first kappa shape index (κ1) is 18.3. The van der Waals surface area contributed by atoms with Gasteiger partial charge in [0.1, 0.15) is 11.3 Å². The Labute approximate surface area is 143 Å². The van der Waals surface area contributed by atoms with Crippen LogP contribution in [0.1, 0.15) is 56.7 Å². The zero-order chi connectivity index (χ0) is 18.1. The predicted octanol–water partition coefficient (Wildman–Crippen LogP) is 2.25. The zero-order valence-electron chi connectivity index (χ0n) is 15.4. The van der Waals surface area contributed by atoms with Crippen LogP contribution in [-0.2, 0) is 11.8 Å². The van der Waals surface area contributed by atoms with E-state index in [-0.39, 0.29) is 24.1 Å². The molecular weight excluding hydrogens is 308 g/mol. The van der Waals surface area contributed by atoms with Crippen LogP contribution < -0.4 is 5.32 Å². The Bertz CT molecular complexity index is 598. The van der Waals surface area contributed by atoms with E-state index in [4.69, 9.17) is 4.74 Å². The molecule has 1 aromatic heterocycles. The van der Waals surface area contributed by atoms with Crippen LogP contribution in [0.3, 0.4) is 0 Å². The van der Waals surface area contributed by atoms with Crippen LogP contribution in [0.25, 0.3) is 0 Å². The molecule has 0 aromatic carbocycles. The van der Waals surface area contributed by atoms with E-state index in [9.17, 15) is 9.59 Å². The van der Waals surface area contributed by atoms with Crippen LogP contribution in [-0.4, -0.2) is 50.9 Å². The minimum Gasteiger partial charge on any atom is -0.444 e. The lowest BCUT2D eigenvalue weighted by atomic mass is 9.97. The van der Waals surface area contributed by atoms with E-state index < -0.39 is 5.60 Å². The fourth-order valence-electron chi connectivity index (χ4n) is 2.83. The first-order valence-electron chi connectivity index (χ1n) is 8.39. The Morgan fingerprint density at radius 1 is 1.38 bits per heavy atom. The number of hydrogen-bond donors (Lipinski definition) is 1. The quantitative estimate of drug-likeness (QED) is 0.898. The van der Waals surface area contributed by atoms with Gasteiger partial charge in [0.25, 0.3) is 5.91 Å². The van der Waals surface area contributed by atoms with Crippen molar-refractivity contribution < 1.29 is 14.3 Å². The molecule has 0 aliphatic carbocycles. The number of carbonyl (C=O) groups excluding carboxylic acids is 2. The Morgan fingerprint density at radius 2 is 2.04 bits per heavy atom. The molecule has 2 atom stereocenters. The molecule has 2 rings (SSSR count). The van der Waals surface area contributed by atoms with E-state index in [1.54, 1.807) is 22.7 Å². The summed E-state index contributed by atoms with van der Waals surface area (Å²) in [4.78, 5) is 26.5. The zero-order valence-corrected chi connectivity index (χ0v) is 15.4. The number of carbonyl (C=O) groups is 2. The third-order valence-corrected chi connectivity index (χ3v) is 4.28. The van der Waals surface area contributed by atoms with Gasteiger partial charge in [-0.15, -0.1) is 0 Å². The van der Waals surface area contributed by atoms with Crippen molar-refractivity contribution in [2.45, 2.75) is 65.1 Å². The second kappa shape index (κ2) is 6.83. The number of aromatic nitrogens is 2. The van der Waals surface area contributed by atoms with Gasteiger partial charge in [0.05, 0.1) is 6.04 Å². The number of amides is 2. The molecule has 24 heavy (non-hydrogen) atoms. The van der Waals surface area contributed by atoms with Crippen molar-refractivity contribution in [3.05, 3.63) is 17.5 Å². The normalized spacial score (nSPS) is 21.5. The second-order valence-corrected chi connectivity index (χ2v) is 7.43. The van der Waals surface area contributed by atoms with Gasteiger partial charge in [-0.2, -0.15) is 5.10 Å². The summed E-state index contributed by atoms with van der Waals surface area (Å²) in [7, 11) is 1.81. The molecule has 1 aromatic rings. The van der Waals surface area contributed by atoms with Gasteiger partial charge >= 0.3 is 6.09 Å². The number of piperidine rings is 1. The average molecular weight is 336 g/mol. The summed E-state index contributed by atoms with van der Waals surface area (Å²) in [6, 6.07) is 1.53. The smallest absolute Gasteiger partial charge is 0.410 e. The number of nitrogens with one attached hydrogen (secondary N) is 1. The first-order chi connectivity index (χ1) is 11.1. The largest absolute Gasteiger partial charge is 0.444 e. The van der Waals surface area contributed by atoms with Crippen LogP contribution in [0.5, 0.6) is 0 Å². The van der Waals surface area contributed by atoms with Crippen LogP contribution in [0.2, 0.25) is 0 Å². The lowest BCUT2D eigenvalue weighted by molar-refractivity contribution is 0.00698. The summed E-state index contributed by atoms with van der Waals surface area (Å²) < 4.78 is 7.14. The van der Waals surface area contributed by atoms with Gasteiger partial charge in [-0.1, -0.05) is 0 Å². The summed E-state index contributed by atoms with van der Waals surface area (Å²) in [6.07, 6.45) is 1.33. The number of rotatable bonds is 2. The summed E-state index contributed by atoms with van der Waals surface area (Å²) in [5, 5.41) is 7.21. The third kappa shape index (κ3) is 4.27. The van der Waals surface area contributed by atoms with Gasteiger partial charge in [0, 0.05) is 25.3 Å². The van der Waals surface area contributed by atoms with E-state index >= 15 is 0 Å². The fraction of sp³-hybridized carbons (Fsp3) is 0.706. The van der Waals surface area contributed by atoms with Crippen LogP contribution in [0, 0.1) is 6.92 Å². The molecule has 0 unspecified atom stereocenters. The van der Waals surface area contributed by atoms with E-state index in [1.165, 1.54) is 0 Å². The van der Waals surface area contributed by atoms with Crippen molar-refractivity contribution in [3.63, 3.8) is 0 Å². The Balaban J connectivity index is 2.03. The van der Waals surface area contributed by atoms with Crippen LogP contribution in [0.15, 0.2) is 6.07 Å². The topological polar surface area (TPSA) is 76.5 Å². The second-order valence-electron chi connectivity index (χ2n) is 7.43. The molecule has 7 heteroatoms. The maximum Gasteiger partial charge on any atom is 0.410 e. The number of aryl methyl sites for hydroxylation is 2. The molecule has 0 bridgehead atoms. The summed E-state index contributed by atoms with van der Waals surface area (Å²) in [5.74, 6) is -0.207. The molecule has 134 valence electrons. The molecule has 0 saturated carbocycles. The highest BCUT2D eigenvalue weighted by Gasteiger charge is 2.34. The van der Waals surface area contributed by atoms with Crippen molar-refractivity contribution in [1.29, 1.82) is 0 Å². The van der Waals surface area contributed by atoms with Gasteiger partial charge in [0.2, 0.25) is 0 Å². The number of likely N-dealkylation sites (tertiary alicyclic amines) is 1. The van der Waals surface area contributed by atoms with Gasteiger partial charge in [-0.3, -0.25) is 9.48 Å². The van der Waals surface area contributed by atoms with E-state index in [2.05, 4.69) is 10.4 Å². The summed E-state index contributed by atoms with van der Waals surface area (Å²) >= 11 is 0. The highest BCUT2D eigenvalue weighted by molar-refractivity contribution is 5.92. The van der Waals surface area contributed by atoms with Crippen molar-refractivity contribution in [2.24, 2.45) is 7.05 Å². The first-order valence-corrected chi connectivity index (χ1v) is 8.39. The molecule has 2 heterocycles. The maximum atomic E-state index is 12.4. The minimum atomic E-state index is -0.529. The molecular formula is C17H28N4O3. The van der Waals surface area contributed by atoms with Crippen molar-refractivity contribution in [1.82, 2.24) is 20.0 Å². The van der Waals surface area contributed by atoms with Crippen molar-refractivity contribution in [2.75, 3.05) is 6.54 Å². The molecule has 0 radical (unpaired) electrons. The summed E-state index contributed by atoms with van der Waals surface area (Å²) in [6.45, 7) is 10.0. The Hall–Kier alpha value is -2.05. The number of hydrogen-bond acceptors (Lipinski definition) is 4. The van der Waals surface area contributed by atoms with E-state index in [0.717, 1.165) is 18.5 Å². The standard InChI is InChI=1S/C17H28N4O3/c1-11-10-14(19-20(11)6)15(22)18-13-8-7-9-21(12(13)2)16(23)24-17(3,4)5/h10,12-13H,7-9H2,1-6H3,(H,18,22)/t12-,13-/m1/s1. The Morgan fingerprint density at radius 3 is 2.58 bits per heavy atom. The molecule has 7 nitrogen and oxygen atoms in total. The lowest BCUT2D eigenvalue weighted by Gasteiger charge is -2.40. The predicted molar refractivity (Wildman–Crippen MR) is 90.8 cm³/mol. The molecule has 1 N–H and O–H groups in total. The SMILES string of the molecule is Cc1cc(C(=O)N[C@@H]2CCCN(C(=O)OC(C)(C)C)[C@@H]2C)nn1C. The van der Waals surface area contributed by atoms with Crippen LogP contribution in [0.4, 0.5) is 4.79 Å². The molecule has 2 amide bonds. The highest BCUT2D eigenvalue weighted by Crippen LogP contribution is 2.21. The number of nitrogens with zero attached hydrogens (tertiary/aromatic N) is 3. The molecule has 1 fully saturated rings. The summed E-state index contributed by atoms with van der Waals surface area (Å²) in [5.41, 5.74) is 0.794. The van der Waals surface area contributed by atoms with Gasteiger partial charge < -0.3 is 15.0 Å². The van der Waals surface area contributed by atoms with Gasteiger partial charge in [-0.05, 0) is 53.5 Å². The molecule has 1 saturated heterocycles. The van der Waals surface area contributed by atoms with Crippen molar-refractivity contribution in [3.8, 4) is 0 Å². The van der Waals surface area contributed by atoms with Gasteiger partial charge in [-0.25, -0.2) is 4.79 Å². The minimum absolute atomic E-state index is 0.110. The molecule has 1 aliphatic heterocycles. The molecule has 1 aliphatic rings. The Kier molecular flexibility index (Phi) is 5.20. The lowest BCUT2D eigenvalue weighted by Crippen LogP contribution is -2.56. The fourth-order valence-corrected chi connectivity index (χ4v) is 2.83. The highest BCUT2D eigenvalue weighted by atomic mass is 16.6. The number of ether oxygens (including phenoxy) is 1. The van der Waals surface area contributed by atoms with Crippen molar-refractivity contribution >= 4 is 12.0 Å². The monoisotopic (exact) mass is 336 g/mol. The molecule has 0 spiro atoms. The van der Waals surface area contributed by atoms with Crippen LogP contribution >= 0.6 is 0 Å². The van der Waals surface area contributed by atoms with Gasteiger partial charge in [0.15, 0.2) is 0 Å².